The zero-order valence-electron chi connectivity index (χ0n) is 53.0. The highest BCUT2D eigenvalue weighted by Gasteiger charge is 2.23. The van der Waals surface area contributed by atoms with E-state index in [-0.39, 0.29) is 0 Å². The maximum absolute atomic E-state index is 10.1. The molecule has 0 saturated heterocycles. The molecule has 0 bridgehead atoms. The maximum Gasteiger partial charge on any atom is 0.489 e. The second-order valence-electron chi connectivity index (χ2n) is 25.3. The van der Waals surface area contributed by atoms with Crippen LogP contribution >= 0.6 is 15.9 Å². The molecule has 0 spiro atoms. The van der Waals surface area contributed by atoms with Crippen LogP contribution in [0.2, 0.25) is 0 Å². The second kappa shape index (κ2) is 24.4. The molecule has 0 saturated carbocycles. The molecule has 0 aliphatic rings. The van der Waals surface area contributed by atoms with Gasteiger partial charge in [-0.05, 0) is 226 Å². The zero-order chi connectivity index (χ0) is 65.4. The highest BCUT2D eigenvalue weighted by Crippen LogP contribution is 2.46. The van der Waals surface area contributed by atoms with Crippen LogP contribution in [0.15, 0.2) is 353 Å². The molecular formula is C92H58BBrO4. The molecule has 0 amide bonds. The summed E-state index contributed by atoms with van der Waals surface area (Å²) >= 11 is 3.55. The summed E-state index contributed by atoms with van der Waals surface area (Å²) in [6.07, 6.45) is 0. The van der Waals surface area contributed by atoms with Crippen LogP contribution in [0.5, 0.6) is 0 Å². The van der Waals surface area contributed by atoms with Gasteiger partial charge in [0.05, 0.1) is 0 Å². The van der Waals surface area contributed by atoms with Crippen molar-refractivity contribution in [2.75, 3.05) is 0 Å². The van der Waals surface area contributed by atoms with E-state index in [4.69, 9.17) is 8.83 Å². The number of hydrogen-bond acceptors (Lipinski definition) is 4. The van der Waals surface area contributed by atoms with Crippen LogP contribution in [0.25, 0.3) is 186 Å². The first-order chi connectivity index (χ1) is 48.3. The monoisotopic (exact) mass is 1320 g/mol. The lowest BCUT2D eigenvalue weighted by molar-refractivity contribution is 0.426. The molecule has 20 rings (SSSR count). The summed E-state index contributed by atoms with van der Waals surface area (Å²) in [7, 11) is -1.52. The van der Waals surface area contributed by atoms with Crippen LogP contribution in [0.4, 0.5) is 0 Å². The SMILES string of the molecule is Brc1cccc(-c2ccc3oc4cc5ccccc5cc4c3c2)c1.OB(O)c1c2ccccc2c(-c2ccc3ccccc3c2)c2ccccc12.c1cc(-c2ccc3oc4cc5ccccc5cc4c3c2)cc(-c2c3ccccc3c(-c3ccc4ccccc4c3)c3ccccc23)c1. The predicted octanol–water partition coefficient (Wildman–Crippen LogP) is 24.9. The second-order valence-corrected chi connectivity index (χ2v) is 26.2. The fourth-order valence-electron chi connectivity index (χ4n) is 15.0. The number of furan rings is 2. The quantitative estimate of drug-likeness (QED) is 0.129. The Hall–Kier alpha value is -11.9. The minimum absolute atomic E-state index is 0.561. The Bertz CT molecular complexity index is 6470. The standard InChI is InChI=1S/C46H28O.C24H17BO2.C22H13BrO/c1-2-11-30-24-36(21-20-29(30)10-1)46-39-18-7-5-16-37(39)45(38-17-6-8-19-40(38)46)35-15-9-14-31(25-35)34-22-23-43-41(27-34)42-26-32-12-3-4-13-33(32)28-44(42)47-43;26-25(27)24-21-11-5-3-9-19(21)23(20-10-4-6-12-22(20)24)18-14-13-16-7-1-2-8-17(16)15-18;23-18-7-3-6-14(10-18)17-8-9-21-19(12-17)20-11-15-4-1-2-5-16(15)13-22(20)24-21/h1-28H;1-15,26-27H;1-13H. The van der Waals surface area contributed by atoms with Crippen molar-refractivity contribution < 1.29 is 18.9 Å². The lowest BCUT2D eigenvalue weighted by atomic mass is 9.72. The lowest BCUT2D eigenvalue weighted by Gasteiger charge is -2.18. The van der Waals surface area contributed by atoms with Gasteiger partial charge >= 0.3 is 7.12 Å². The minimum atomic E-state index is -1.52. The number of benzene rings is 18. The van der Waals surface area contributed by atoms with Gasteiger partial charge in [0.2, 0.25) is 0 Å². The van der Waals surface area contributed by atoms with Gasteiger partial charge in [-0.15, -0.1) is 0 Å². The molecule has 98 heavy (non-hydrogen) atoms. The summed E-state index contributed by atoms with van der Waals surface area (Å²) in [6, 6.07) is 120. The Balaban J connectivity index is 0.000000116. The molecule has 2 N–H and O–H groups in total. The van der Waals surface area contributed by atoms with Crippen molar-refractivity contribution in [1.82, 2.24) is 0 Å². The molecule has 0 aliphatic heterocycles. The summed E-state index contributed by atoms with van der Waals surface area (Å²) in [6.45, 7) is 0. The van der Waals surface area contributed by atoms with Crippen molar-refractivity contribution in [1.29, 1.82) is 0 Å². The Kier molecular flexibility index (Phi) is 14.6. The van der Waals surface area contributed by atoms with E-state index in [9.17, 15) is 10.0 Å². The average Bonchev–Trinajstić information content (AvgIpc) is 0.997. The van der Waals surface area contributed by atoms with E-state index in [0.717, 1.165) is 75.6 Å². The van der Waals surface area contributed by atoms with Crippen LogP contribution in [-0.2, 0) is 0 Å². The smallest absolute Gasteiger partial charge is 0.456 e. The molecule has 0 radical (unpaired) electrons. The van der Waals surface area contributed by atoms with Gasteiger partial charge in [0.1, 0.15) is 22.3 Å². The minimum Gasteiger partial charge on any atom is -0.456 e. The molecule has 460 valence electrons. The fourth-order valence-corrected chi connectivity index (χ4v) is 15.4. The van der Waals surface area contributed by atoms with Crippen molar-refractivity contribution in [3.05, 3.63) is 344 Å². The molecule has 0 aliphatic carbocycles. The largest absolute Gasteiger partial charge is 0.489 e. The number of halogens is 1. The summed E-state index contributed by atoms with van der Waals surface area (Å²) in [5, 5.41) is 43.4. The fraction of sp³-hybridized carbons (Fsp3) is 0. The third-order valence-electron chi connectivity index (χ3n) is 19.6. The van der Waals surface area contributed by atoms with Crippen molar-refractivity contribution in [3.8, 4) is 55.6 Å². The van der Waals surface area contributed by atoms with Crippen LogP contribution < -0.4 is 5.46 Å². The summed E-state index contributed by atoms with van der Waals surface area (Å²) in [5.41, 5.74) is 16.3. The Morgan fingerprint density at radius 3 is 0.908 bits per heavy atom. The third kappa shape index (κ3) is 10.4. The van der Waals surface area contributed by atoms with Crippen LogP contribution in [-0.4, -0.2) is 17.2 Å². The van der Waals surface area contributed by atoms with E-state index in [0.29, 0.717) is 5.46 Å². The van der Waals surface area contributed by atoms with Gasteiger partial charge in [0.15, 0.2) is 0 Å². The molecule has 6 heteroatoms. The molecule has 0 atom stereocenters. The van der Waals surface area contributed by atoms with E-state index < -0.39 is 7.12 Å². The van der Waals surface area contributed by atoms with Crippen molar-refractivity contribution in [3.63, 3.8) is 0 Å². The summed E-state index contributed by atoms with van der Waals surface area (Å²) in [4.78, 5) is 0. The van der Waals surface area contributed by atoms with E-state index in [2.05, 4.69) is 301 Å². The van der Waals surface area contributed by atoms with Gasteiger partial charge in [-0.25, -0.2) is 0 Å². The first-order valence-corrected chi connectivity index (χ1v) is 33.9. The Morgan fingerprint density at radius 2 is 0.500 bits per heavy atom. The first-order valence-electron chi connectivity index (χ1n) is 33.1. The van der Waals surface area contributed by atoms with Gasteiger partial charge in [-0.2, -0.15) is 0 Å². The molecule has 0 unspecified atom stereocenters. The van der Waals surface area contributed by atoms with Gasteiger partial charge in [-0.3, -0.25) is 0 Å². The van der Waals surface area contributed by atoms with Crippen LogP contribution in [0, 0.1) is 0 Å². The average molecular weight is 1320 g/mol. The molecule has 0 fully saturated rings. The topological polar surface area (TPSA) is 66.7 Å². The molecule has 2 aromatic heterocycles. The van der Waals surface area contributed by atoms with Gasteiger partial charge in [-0.1, -0.05) is 277 Å². The number of fused-ring (bicyclic) bond motifs is 14. The van der Waals surface area contributed by atoms with Crippen LogP contribution in [0.1, 0.15) is 0 Å². The highest BCUT2D eigenvalue weighted by atomic mass is 79.9. The van der Waals surface area contributed by atoms with E-state index >= 15 is 0 Å². The summed E-state index contributed by atoms with van der Waals surface area (Å²) in [5.74, 6) is 0. The Labute approximate surface area is 573 Å². The van der Waals surface area contributed by atoms with Gasteiger partial charge in [0.25, 0.3) is 0 Å². The Morgan fingerprint density at radius 1 is 0.204 bits per heavy atom. The highest BCUT2D eigenvalue weighted by molar-refractivity contribution is 9.10. The molecule has 20 aromatic rings. The molecular weight excluding hydrogens is 1260 g/mol. The number of hydrogen-bond donors (Lipinski definition) is 2. The van der Waals surface area contributed by atoms with E-state index in [1.54, 1.807) is 0 Å². The zero-order valence-corrected chi connectivity index (χ0v) is 54.6. The third-order valence-corrected chi connectivity index (χ3v) is 20.1. The number of rotatable bonds is 6. The molecule has 4 nitrogen and oxygen atoms in total. The molecule has 2 heterocycles. The van der Waals surface area contributed by atoms with Crippen molar-refractivity contribution in [2.24, 2.45) is 0 Å². The van der Waals surface area contributed by atoms with Gasteiger partial charge in [0, 0.05) is 26.0 Å². The normalized spacial score (nSPS) is 11.6. The molecule has 18 aromatic carbocycles. The van der Waals surface area contributed by atoms with E-state index in [1.807, 2.05) is 54.6 Å². The summed E-state index contributed by atoms with van der Waals surface area (Å²) < 4.78 is 13.5. The lowest BCUT2D eigenvalue weighted by Crippen LogP contribution is -2.31. The van der Waals surface area contributed by atoms with E-state index in [1.165, 1.54) is 115 Å². The van der Waals surface area contributed by atoms with Crippen molar-refractivity contribution >= 4 is 159 Å². The van der Waals surface area contributed by atoms with Crippen molar-refractivity contribution in [2.45, 2.75) is 0 Å². The predicted molar refractivity (Wildman–Crippen MR) is 419 cm³/mol. The maximum atomic E-state index is 10.1. The van der Waals surface area contributed by atoms with Gasteiger partial charge < -0.3 is 18.9 Å². The first kappa shape index (κ1) is 58.7. The van der Waals surface area contributed by atoms with Crippen LogP contribution in [0.3, 0.4) is 0 Å².